The number of ether oxygens (including phenoxy) is 2. The highest BCUT2D eigenvalue weighted by Crippen LogP contribution is 2.23. The molecule has 1 saturated heterocycles. The molecule has 2 atom stereocenters. The second-order valence-electron chi connectivity index (χ2n) is 9.40. The van der Waals surface area contributed by atoms with Crippen LogP contribution in [0.4, 0.5) is 0 Å². The number of aliphatic hydroxyl groups is 1. The number of hydrogen-bond acceptors (Lipinski definition) is 6. The van der Waals surface area contributed by atoms with Crippen LogP contribution < -0.4 is 10.6 Å². The Kier molecular flexibility index (Phi) is 5.91. The van der Waals surface area contributed by atoms with E-state index >= 15 is 0 Å². The Morgan fingerprint density at radius 2 is 2.00 bits per heavy atom. The van der Waals surface area contributed by atoms with E-state index in [0.29, 0.717) is 19.9 Å². The van der Waals surface area contributed by atoms with E-state index in [-0.39, 0.29) is 6.04 Å². The highest BCUT2D eigenvalue weighted by atomic mass is 16.5. The zero-order valence-electron chi connectivity index (χ0n) is 19.5. The predicted molar refractivity (Wildman–Crippen MR) is 128 cm³/mol. The minimum Gasteiger partial charge on any atom is -0.389 e. The highest BCUT2D eigenvalue weighted by Gasteiger charge is 2.28. The van der Waals surface area contributed by atoms with Gasteiger partial charge in [-0.05, 0) is 55.3 Å². The molecule has 0 unspecified atom stereocenters. The Morgan fingerprint density at radius 3 is 2.73 bits per heavy atom. The summed E-state index contributed by atoms with van der Waals surface area (Å²) >= 11 is 0. The van der Waals surface area contributed by atoms with Crippen LogP contribution in [0.5, 0.6) is 0 Å². The van der Waals surface area contributed by atoms with E-state index in [2.05, 4.69) is 58.5 Å². The molecule has 6 nitrogen and oxygen atoms in total. The predicted octanol–water partition coefficient (Wildman–Crippen LogP) is 2.49. The van der Waals surface area contributed by atoms with Crippen LogP contribution in [0.2, 0.25) is 0 Å². The summed E-state index contributed by atoms with van der Waals surface area (Å²) in [6.45, 7) is 5.65. The molecular weight excluding hydrogens is 414 g/mol. The molecule has 1 fully saturated rings. The zero-order chi connectivity index (χ0) is 23.0. The van der Waals surface area contributed by atoms with Gasteiger partial charge in [-0.2, -0.15) is 0 Å². The van der Waals surface area contributed by atoms with E-state index in [1.54, 1.807) is 7.11 Å². The van der Waals surface area contributed by atoms with Crippen LogP contribution in [-0.2, 0) is 21.5 Å². The molecule has 172 valence electrons. The molecule has 0 radical (unpaired) electrons. The average molecular weight is 446 g/mol. The molecule has 1 N–H and O–H groups in total. The molecule has 0 spiro atoms. The Balaban J connectivity index is 1.53. The van der Waals surface area contributed by atoms with Crippen molar-refractivity contribution in [3.8, 4) is 0 Å². The second kappa shape index (κ2) is 8.86. The number of benzene rings is 2. The summed E-state index contributed by atoms with van der Waals surface area (Å²) in [5.74, 6) is 0. The fourth-order valence-corrected chi connectivity index (χ4v) is 4.76. The van der Waals surface area contributed by atoms with E-state index in [9.17, 15) is 5.11 Å². The van der Waals surface area contributed by atoms with Gasteiger partial charge in [-0.25, -0.2) is 0 Å². The van der Waals surface area contributed by atoms with Gasteiger partial charge in [0.1, 0.15) is 12.3 Å². The maximum absolute atomic E-state index is 10.4. The van der Waals surface area contributed by atoms with Crippen molar-refractivity contribution in [1.82, 2.24) is 9.88 Å². The number of aromatic nitrogens is 1. The van der Waals surface area contributed by atoms with Crippen molar-refractivity contribution in [2.75, 3.05) is 27.0 Å². The third kappa shape index (κ3) is 4.26. The van der Waals surface area contributed by atoms with E-state index in [1.807, 2.05) is 20.0 Å². The Bertz CT molecular complexity index is 1270. The number of methoxy groups -OCH3 is 1. The second-order valence-corrected chi connectivity index (χ2v) is 9.40. The minimum absolute atomic E-state index is 0.0338. The Hall–Kier alpha value is -2.80. The maximum atomic E-state index is 10.4. The van der Waals surface area contributed by atoms with Gasteiger partial charge in [0.15, 0.2) is 0 Å². The van der Waals surface area contributed by atoms with Gasteiger partial charge in [0.2, 0.25) is 0 Å². The lowest BCUT2D eigenvalue weighted by atomic mass is 9.96. The van der Waals surface area contributed by atoms with Gasteiger partial charge in [-0.3, -0.25) is 9.98 Å². The fraction of sp³-hybridized carbons (Fsp3) is 0.407. The molecule has 0 amide bonds. The van der Waals surface area contributed by atoms with Crippen molar-refractivity contribution in [3.63, 3.8) is 0 Å². The van der Waals surface area contributed by atoms with Crippen LogP contribution in [0, 0.1) is 0 Å². The van der Waals surface area contributed by atoms with Crippen LogP contribution in [0.3, 0.4) is 0 Å². The van der Waals surface area contributed by atoms with Gasteiger partial charge in [-0.15, -0.1) is 0 Å². The van der Waals surface area contributed by atoms with Crippen LogP contribution in [-0.4, -0.2) is 54.1 Å². The monoisotopic (exact) mass is 445 g/mol. The molecule has 33 heavy (non-hydrogen) atoms. The lowest BCUT2D eigenvalue weighted by Gasteiger charge is -2.36. The van der Waals surface area contributed by atoms with Crippen molar-refractivity contribution in [3.05, 3.63) is 76.1 Å². The number of rotatable bonds is 5. The third-order valence-corrected chi connectivity index (χ3v) is 6.89. The topological polar surface area (TPSA) is 67.2 Å². The maximum Gasteiger partial charge on any atom is 0.110 e. The summed E-state index contributed by atoms with van der Waals surface area (Å²) in [4.78, 5) is 11.8. The first kappa shape index (κ1) is 22.0. The smallest absolute Gasteiger partial charge is 0.110 e. The minimum atomic E-state index is -0.493. The highest BCUT2D eigenvalue weighted by molar-refractivity contribution is 5.86. The number of hydrogen-bond donors (Lipinski definition) is 1. The van der Waals surface area contributed by atoms with Crippen molar-refractivity contribution in [2.45, 2.75) is 44.4 Å². The van der Waals surface area contributed by atoms with Crippen LogP contribution >= 0.6 is 0 Å². The molecule has 6 heteroatoms. The SMILES string of the molecule is COC(C)(C)c1ccc(Cc2cc3c(c4ccccc24)=NCN([C@H]2CCOC[C@@H]2O)C=3)cn1. The molecular formula is C27H31N3O3. The average Bonchev–Trinajstić information content (AvgIpc) is 2.84. The molecule has 3 aromatic rings. The van der Waals surface area contributed by atoms with Gasteiger partial charge >= 0.3 is 0 Å². The number of nitrogens with zero attached hydrogens (tertiary/aromatic N) is 3. The first-order valence-corrected chi connectivity index (χ1v) is 11.6. The van der Waals surface area contributed by atoms with Gasteiger partial charge in [0.05, 0.1) is 29.8 Å². The quantitative estimate of drug-likeness (QED) is 0.654. The molecule has 2 aromatic carbocycles. The van der Waals surface area contributed by atoms with Crippen molar-refractivity contribution >= 4 is 17.0 Å². The lowest BCUT2D eigenvalue weighted by molar-refractivity contribution is -0.0501. The molecule has 1 aromatic heterocycles. The summed E-state index contributed by atoms with van der Waals surface area (Å²) in [5.41, 5.74) is 2.90. The van der Waals surface area contributed by atoms with Crippen molar-refractivity contribution in [1.29, 1.82) is 0 Å². The summed E-state index contributed by atoms with van der Waals surface area (Å²) in [6.07, 6.45) is 5.21. The molecule has 0 aliphatic carbocycles. The van der Waals surface area contributed by atoms with Crippen LogP contribution in [0.1, 0.15) is 37.1 Å². The zero-order valence-corrected chi connectivity index (χ0v) is 19.5. The van der Waals surface area contributed by atoms with Gasteiger partial charge in [0.25, 0.3) is 0 Å². The first-order chi connectivity index (χ1) is 16.0. The van der Waals surface area contributed by atoms with Crippen LogP contribution in [0.15, 0.2) is 53.7 Å². The van der Waals surface area contributed by atoms with Gasteiger partial charge in [-0.1, -0.05) is 30.3 Å². The normalized spacial score (nSPS) is 20.8. The van der Waals surface area contributed by atoms with E-state index in [4.69, 9.17) is 14.5 Å². The lowest BCUT2D eigenvalue weighted by Crippen LogP contribution is -2.50. The van der Waals surface area contributed by atoms with E-state index < -0.39 is 11.7 Å². The number of aliphatic hydroxyl groups excluding tert-OH is 1. The van der Waals surface area contributed by atoms with E-state index in [0.717, 1.165) is 34.7 Å². The molecule has 0 bridgehead atoms. The largest absolute Gasteiger partial charge is 0.389 e. The Labute approximate surface area is 194 Å². The van der Waals surface area contributed by atoms with Gasteiger partial charge in [0, 0.05) is 36.7 Å². The number of pyridine rings is 1. The van der Waals surface area contributed by atoms with Crippen molar-refractivity contribution in [2.24, 2.45) is 4.99 Å². The van der Waals surface area contributed by atoms with Crippen LogP contribution in [0.25, 0.3) is 17.0 Å². The standard InChI is InChI=1S/C27H31N3O3/c1-27(2,32-3)25-9-8-18(14-28-25)12-19-13-20-15-30(23-10-11-33-16-24(23)31)17-29-26(20)22-7-5-4-6-21(19)22/h4-9,13-15,23-24,31H,10-12,16-17H2,1-3H3/t23-,24-/m0/s1. The van der Waals surface area contributed by atoms with Gasteiger partial charge < -0.3 is 19.5 Å². The molecule has 0 saturated carbocycles. The molecule has 2 aliphatic rings. The van der Waals surface area contributed by atoms with E-state index in [1.165, 1.54) is 16.3 Å². The third-order valence-electron chi connectivity index (χ3n) is 6.89. The first-order valence-electron chi connectivity index (χ1n) is 11.6. The summed E-state index contributed by atoms with van der Waals surface area (Å²) in [6, 6.07) is 14.9. The van der Waals surface area contributed by atoms with Crippen molar-refractivity contribution < 1.29 is 14.6 Å². The fourth-order valence-electron chi connectivity index (χ4n) is 4.76. The number of fused-ring (bicyclic) bond motifs is 3. The molecule has 5 rings (SSSR count). The molecule has 2 aliphatic heterocycles. The Morgan fingerprint density at radius 1 is 1.18 bits per heavy atom. The summed E-state index contributed by atoms with van der Waals surface area (Å²) < 4.78 is 11.0. The summed E-state index contributed by atoms with van der Waals surface area (Å²) in [7, 11) is 1.71. The summed E-state index contributed by atoms with van der Waals surface area (Å²) in [5, 5.41) is 15.0. The molecule has 3 heterocycles.